The fraction of sp³-hybridized carbons (Fsp3) is 0.217. The SMILES string of the molecule is COc1cccc(C#Cc2nc(-c3ccc(S(=O)(=O)C(C)C)cc3)cnc2C)c1. The lowest BCUT2D eigenvalue weighted by Gasteiger charge is -2.09. The number of hydrogen-bond donors (Lipinski definition) is 0. The number of hydrogen-bond acceptors (Lipinski definition) is 5. The fourth-order valence-corrected chi connectivity index (χ4v) is 3.69. The van der Waals surface area contributed by atoms with Gasteiger partial charge in [-0.05, 0) is 57.0 Å². The highest BCUT2D eigenvalue weighted by Gasteiger charge is 2.19. The van der Waals surface area contributed by atoms with Gasteiger partial charge in [-0.15, -0.1) is 0 Å². The van der Waals surface area contributed by atoms with Crippen LogP contribution >= 0.6 is 0 Å². The largest absolute Gasteiger partial charge is 0.497 e. The number of aromatic nitrogens is 2. The fourth-order valence-electron chi connectivity index (χ4n) is 2.63. The molecule has 29 heavy (non-hydrogen) atoms. The second-order valence-corrected chi connectivity index (χ2v) is 9.29. The molecule has 1 aromatic heterocycles. The van der Waals surface area contributed by atoms with Crippen molar-refractivity contribution in [1.82, 2.24) is 9.97 Å². The van der Waals surface area contributed by atoms with Crippen molar-refractivity contribution in [3.05, 3.63) is 71.7 Å². The Morgan fingerprint density at radius 3 is 2.41 bits per heavy atom. The highest BCUT2D eigenvalue weighted by atomic mass is 32.2. The molecule has 1 heterocycles. The molecule has 0 radical (unpaired) electrons. The molecule has 0 bridgehead atoms. The molecule has 0 fully saturated rings. The summed E-state index contributed by atoms with van der Waals surface area (Å²) in [6.07, 6.45) is 1.66. The minimum absolute atomic E-state index is 0.300. The second-order valence-electron chi connectivity index (χ2n) is 6.79. The van der Waals surface area contributed by atoms with E-state index >= 15 is 0 Å². The number of aryl methyl sites for hydroxylation is 1. The monoisotopic (exact) mass is 406 g/mol. The summed E-state index contributed by atoms with van der Waals surface area (Å²) in [5.41, 5.74) is 3.54. The Morgan fingerprint density at radius 1 is 1.03 bits per heavy atom. The number of rotatable bonds is 4. The molecule has 2 aromatic carbocycles. The van der Waals surface area contributed by atoms with Gasteiger partial charge in [-0.3, -0.25) is 4.98 Å². The van der Waals surface area contributed by atoms with Gasteiger partial charge in [0.05, 0.1) is 34.8 Å². The van der Waals surface area contributed by atoms with Crippen LogP contribution in [0.1, 0.15) is 30.8 Å². The average Bonchev–Trinajstić information content (AvgIpc) is 2.73. The summed E-state index contributed by atoms with van der Waals surface area (Å²) < 4.78 is 29.8. The molecule has 0 unspecified atom stereocenters. The van der Waals surface area contributed by atoms with E-state index in [9.17, 15) is 8.42 Å². The Bertz CT molecular complexity index is 1190. The maximum Gasteiger partial charge on any atom is 0.180 e. The lowest BCUT2D eigenvalue weighted by molar-refractivity contribution is 0.414. The molecule has 0 amide bonds. The van der Waals surface area contributed by atoms with Crippen LogP contribution in [-0.4, -0.2) is 30.7 Å². The molecule has 0 N–H and O–H groups in total. The van der Waals surface area contributed by atoms with Crippen molar-refractivity contribution in [2.75, 3.05) is 7.11 Å². The molecule has 3 rings (SSSR count). The van der Waals surface area contributed by atoms with Gasteiger partial charge in [-0.25, -0.2) is 13.4 Å². The van der Waals surface area contributed by atoms with Crippen molar-refractivity contribution < 1.29 is 13.2 Å². The molecule has 0 aliphatic rings. The first-order valence-electron chi connectivity index (χ1n) is 9.15. The standard InChI is InChI=1S/C23H22N2O3S/c1-16(2)29(26,27)21-11-9-19(10-12-21)23-15-24-17(3)22(25-23)13-8-18-6-5-7-20(14-18)28-4/h5-7,9-12,14-16H,1-4H3. The van der Waals surface area contributed by atoms with Crippen LogP contribution in [-0.2, 0) is 9.84 Å². The maximum atomic E-state index is 12.3. The van der Waals surface area contributed by atoms with Crippen molar-refractivity contribution >= 4 is 9.84 Å². The predicted molar refractivity (Wildman–Crippen MR) is 114 cm³/mol. The topological polar surface area (TPSA) is 69.2 Å². The summed E-state index contributed by atoms with van der Waals surface area (Å²) in [6.45, 7) is 5.19. The molecular formula is C23H22N2O3S. The highest BCUT2D eigenvalue weighted by molar-refractivity contribution is 7.92. The van der Waals surface area contributed by atoms with Crippen molar-refractivity contribution in [2.45, 2.75) is 30.9 Å². The molecule has 0 saturated carbocycles. The van der Waals surface area contributed by atoms with Crippen LogP contribution in [0, 0.1) is 18.8 Å². The summed E-state index contributed by atoms with van der Waals surface area (Å²) >= 11 is 0. The van der Waals surface area contributed by atoms with Crippen molar-refractivity contribution in [3.63, 3.8) is 0 Å². The van der Waals surface area contributed by atoms with E-state index in [1.54, 1.807) is 51.4 Å². The zero-order chi connectivity index (χ0) is 21.0. The lowest BCUT2D eigenvalue weighted by Crippen LogP contribution is -2.13. The van der Waals surface area contributed by atoms with Crippen molar-refractivity contribution in [1.29, 1.82) is 0 Å². The Morgan fingerprint density at radius 2 is 1.76 bits per heavy atom. The highest BCUT2D eigenvalue weighted by Crippen LogP contribution is 2.22. The first kappa shape index (κ1) is 20.6. The number of sulfone groups is 1. The first-order chi connectivity index (χ1) is 13.8. The molecule has 6 heteroatoms. The van der Waals surface area contributed by atoms with Crippen LogP contribution in [0.3, 0.4) is 0 Å². The summed E-state index contributed by atoms with van der Waals surface area (Å²) in [7, 11) is -1.69. The molecule has 0 aliphatic carbocycles. The van der Waals surface area contributed by atoms with Crippen molar-refractivity contribution in [3.8, 4) is 28.8 Å². The van der Waals surface area contributed by atoms with Crippen LogP contribution in [0.25, 0.3) is 11.3 Å². The molecule has 5 nitrogen and oxygen atoms in total. The average molecular weight is 407 g/mol. The molecular weight excluding hydrogens is 384 g/mol. The maximum absolute atomic E-state index is 12.3. The number of ether oxygens (including phenoxy) is 1. The minimum atomic E-state index is -3.30. The number of nitrogens with zero attached hydrogens (tertiary/aromatic N) is 2. The zero-order valence-electron chi connectivity index (χ0n) is 16.8. The van der Waals surface area contributed by atoms with Gasteiger partial charge in [0, 0.05) is 11.1 Å². The third-order valence-corrected chi connectivity index (χ3v) is 6.62. The molecule has 0 aliphatic heterocycles. The lowest BCUT2D eigenvalue weighted by atomic mass is 10.1. The smallest absolute Gasteiger partial charge is 0.180 e. The van der Waals surface area contributed by atoms with Gasteiger partial charge >= 0.3 is 0 Å². The predicted octanol–water partition coefficient (Wildman–Crippen LogP) is 4.04. The van der Waals surface area contributed by atoms with Crippen LogP contribution in [0.4, 0.5) is 0 Å². The molecule has 148 valence electrons. The third-order valence-electron chi connectivity index (χ3n) is 4.45. The zero-order valence-corrected chi connectivity index (χ0v) is 17.6. The minimum Gasteiger partial charge on any atom is -0.497 e. The second kappa shape index (κ2) is 8.46. The Balaban J connectivity index is 1.93. The quantitative estimate of drug-likeness (QED) is 0.612. The van der Waals surface area contributed by atoms with Crippen molar-refractivity contribution in [2.24, 2.45) is 0 Å². The van der Waals surface area contributed by atoms with Crippen LogP contribution in [0.15, 0.2) is 59.6 Å². The van der Waals surface area contributed by atoms with E-state index in [4.69, 9.17) is 4.74 Å². The Labute approximate surface area is 171 Å². The van der Waals surface area contributed by atoms with Gasteiger partial charge in [0.2, 0.25) is 0 Å². The number of methoxy groups -OCH3 is 1. The van der Waals surface area contributed by atoms with Gasteiger partial charge in [-0.1, -0.05) is 24.1 Å². The third kappa shape index (κ3) is 4.64. The van der Waals surface area contributed by atoms with E-state index in [2.05, 4.69) is 21.8 Å². The molecule has 0 spiro atoms. The van der Waals surface area contributed by atoms with Crippen LogP contribution in [0.2, 0.25) is 0 Å². The summed E-state index contributed by atoms with van der Waals surface area (Å²) in [6, 6.07) is 14.2. The van der Waals surface area contributed by atoms with E-state index in [-0.39, 0.29) is 0 Å². The normalized spacial score (nSPS) is 11.1. The van der Waals surface area contributed by atoms with Gasteiger partial charge in [0.25, 0.3) is 0 Å². The molecule has 0 atom stereocenters. The summed E-state index contributed by atoms with van der Waals surface area (Å²) in [5, 5.41) is -0.467. The molecule has 0 saturated heterocycles. The van der Waals surface area contributed by atoms with Gasteiger partial charge in [0.1, 0.15) is 11.4 Å². The molecule has 3 aromatic rings. The van der Waals surface area contributed by atoms with Crippen LogP contribution in [0.5, 0.6) is 5.75 Å². The van der Waals surface area contributed by atoms with E-state index in [0.29, 0.717) is 16.3 Å². The van der Waals surface area contributed by atoms with E-state index in [1.165, 1.54) is 0 Å². The van der Waals surface area contributed by atoms with Gasteiger partial charge in [-0.2, -0.15) is 0 Å². The van der Waals surface area contributed by atoms with E-state index in [0.717, 1.165) is 22.6 Å². The summed E-state index contributed by atoms with van der Waals surface area (Å²) in [4.78, 5) is 9.30. The van der Waals surface area contributed by atoms with Gasteiger partial charge < -0.3 is 4.74 Å². The first-order valence-corrected chi connectivity index (χ1v) is 10.7. The van der Waals surface area contributed by atoms with Gasteiger partial charge in [0.15, 0.2) is 9.84 Å². The van der Waals surface area contributed by atoms with Crippen LogP contribution < -0.4 is 4.74 Å². The number of benzene rings is 2. The van der Waals surface area contributed by atoms with E-state index < -0.39 is 15.1 Å². The summed E-state index contributed by atoms with van der Waals surface area (Å²) in [5.74, 6) is 6.89. The Hall–Kier alpha value is -3.17. The van der Waals surface area contributed by atoms with E-state index in [1.807, 2.05) is 31.2 Å². The Kier molecular flexibility index (Phi) is 6.00.